The number of methoxy groups -OCH3 is 4. The van der Waals surface area contributed by atoms with Gasteiger partial charge in [-0.25, -0.2) is 0 Å². The summed E-state index contributed by atoms with van der Waals surface area (Å²) >= 11 is 0. The van der Waals surface area contributed by atoms with Crippen molar-refractivity contribution in [2.24, 2.45) is 0 Å². The lowest BCUT2D eigenvalue weighted by atomic mass is 9.73. The van der Waals surface area contributed by atoms with Gasteiger partial charge in [-0.15, -0.1) is 0 Å². The fraction of sp³-hybridized carbons (Fsp3) is 0.200. The molecule has 0 radical (unpaired) electrons. The summed E-state index contributed by atoms with van der Waals surface area (Å²) in [6, 6.07) is 32.9. The van der Waals surface area contributed by atoms with Crippen LogP contribution in [-0.4, -0.2) is 28.4 Å². The molecule has 4 aromatic rings. The third-order valence-electron chi connectivity index (χ3n) is 6.23. The molecule has 0 aliphatic carbocycles. The molecule has 2 atom stereocenters. The molecule has 34 heavy (non-hydrogen) atoms. The van der Waals surface area contributed by atoms with Gasteiger partial charge in [0.25, 0.3) is 0 Å². The van der Waals surface area contributed by atoms with E-state index in [4.69, 9.17) is 18.9 Å². The van der Waals surface area contributed by atoms with Crippen LogP contribution in [0.2, 0.25) is 0 Å². The summed E-state index contributed by atoms with van der Waals surface area (Å²) in [6.45, 7) is 0. The zero-order chi connectivity index (χ0) is 23.9. The Balaban J connectivity index is 2.00. The van der Waals surface area contributed by atoms with E-state index < -0.39 is 0 Å². The lowest BCUT2D eigenvalue weighted by Crippen LogP contribution is -2.16. The maximum atomic E-state index is 5.83. The molecule has 0 aliphatic rings. The summed E-state index contributed by atoms with van der Waals surface area (Å²) in [5.41, 5.74) is 4.50. The predicted octanol–water partition coefficient (Wildman–Crippen LogP) is 6.69. The molecular weight excluding hydrogens is 424 g/mol. The first-order chi connectivity index (χ1) is 16.7. The van der Waals surface area contributed by atoms with Gasteiger partial charge in [-0.05, 0) is 47.5 Å². The van der Waals surface area contributed by atoms with Crippen molar-refractivity contribution in [3.05, 3.63) is 119 Å². The zero-order valence-electron chi connectivity index (χ0n) is 20.0. The van der Waals surface area contributed by atoms with Crippen molar-refractivity contribution in [2.75, 3.05) is 28.4 Å². The van der Waals surface area contributed by atoms with E-state index in [2.05, 4.69) is 48.5 Å². The summed E-state index contributed by atoms with van der Waals surface area (Å²) in [5, 5.41) is 0. The van der Waals surface area contributed by atoms with Gasteiger partial charge in [-0.3, -0.25) is 0 Å². The third-order valence-corrected chi connectivity index (χ3v) is 6.23. The Hall–Kier alpha value is -3.92. The molecule has 4 heteroatoms. The fourth-order valence-corrected chi connectivity index (χ4v) is 4.57. The van der Waals surface area contributed by atoms with Crippen molar-refractivity contribution in [3.63, 3.8) is 0 Å². The van der Waals surface area contributed by atoms with Crippen molar-refractivity contribution in [3.8, 4) is 23.0 Å². The van der Waals surface area contributed by atoms with E-state index in [-0.39, 0.29) is 11.8 Å². The number of para-hydroxylation sites is 2. The molecule has 4 rings (SSSR count). The summed E-state index contributed by atoms with van der Waals surface area (Å²) < 4.78 is 22.5. The Morgan fingerprint density at radius 1 is 0.412 bits per heavy atom. The van der Waals surface area contributed by atoms with Crippen molar-refractivity contribution in [1.82, 2.24) is 0 Å². The highest BCUT2D eigenvalue weighted by Crippen LogP contribution is 2.48. The third kappa shape index (κ3) is 4.72. The number of ether oxygens (including phenoxy) is 4. The van der Waals surface area contributed by atoms with Crippen LogP contribution in [0.25, 0.3) is 0 Å². The average molecular weight is 455 g/mol. The quantitative estimate of drug-likeness (QED) is 0.282. The second-order valence-electron chi connectivity index (χ2n) is 7.99. The molecule has 2 unspecified atom stereocenters. The van der Waals surface area contributed by atoms with Crippen LogP contribution in [0.4, 0.5) is 0 Å². The molecule has 174 valence electrons. The lowest BCUT2D eigenvalue weighted by Gasteiger charge is -2.31. The first-order valence-corrected chi connectivity index (χ1v) is 11.2. The highest BCUT2D eigenvalue weighted by molar-refractivity contribution is 5.53. The number of hydrogen-bond acceptors (Lipinski definition) is 4. The molecule has 4 nitrogen and oxygen atoms in total. The minimum atomic E-state index is -0.0493. The normalized spacial score (nSPS) is 12.5. The van der Waals surface area contributed by atoms with Crippen molar-refractivity contribution in [2.45, 2.75) is 11.8 Å². The standard InChI is InChI=1S/C30H30O4/c1-31-23-17-13-21(14-18-23)29(25-9-5-7-11-27(25)33-3)30(22-15-19-24(32-2)20-16-22)26-10-6-8-12-28(26)34-4/h5-20,29-30H,1-4H3. The number of hydrogen-bond donors (Lipinski definition) is 0. The van der Waals surface area contributed by atoms with E-state index in [1.165, 1.54) is 0 Å². The molecule has 0 heterocycles. The van der Waals surface area contributed by atoms with Gasteiger partial charge in [-0.2, -0.15) is 0 Å². The van der Waals surface area contributed by atoms with Gasteiger partial charge in [-0.1, -0.05) is 60.7 Å². The Labute approximate surface area is 201 Å². The van der Waals surface area contributed by atoms with Gasteiger partial charge in [0.05, 0.1) is 28.4 Å². The first-order valence-electron chi connectivity index (χ1n) is 11.2. The Morgan fingerprint density at radius 2 is 0.765 bits per heavy atom. The second kappa shape index (κ2) is 10.8. The van der Waals surface area contributed by atoms with Crippen LogP contribution in [0.3, 0.4) is 0 Å². The van der Waals surface area contributed by atoms with E-state index in [9.17, 15) is 0 Å². The van der Waals surface area contributed by atoms with Gasteiger partial charge in [0.15, 0.2) is 0 Å². The topological polar surface area (TPSA) is 36.9 Å². The summed E-state index contributed by atoms with van der Waals surface area (Å²) in [7, 11) is 6.80. The summed E-state index contributed by atoms with van der Waals surface area (Å²) in [4.78, 5) is 0. The Bertz CT molecular complexity index is 1100. The molecule has 0 saturated carbocycles. The molecule has 0 bridgehead atoms. The highest BCUT2D eigenvalue weighted by Gasteiger charge is 2.32. The average Bonchev–Trinajstić information content (AvgIpc) is 2.92. The predicted molar refractivity (Wildman–Crippen MR) is 136 cm³/mol. The number of rotatable bonds is 9. The van der Waals surface area contributed by atoms with Gasteiger partial charge >= 0.3 is 0 Å². The summed E-state index contributed by atoms with van der Waals surface area (Å²) in [5.74, 6) is 3.23. The van der Waals surface area contributed by atoms with Crippen LogP contribution >= 0.6 is 0 Å². The van der Waals surface area contributed by atoms with Gasteiger partial charge < -0.3 is 18.9 Å². The van der Waals surface area contributed by atoms with Gasteiger partial charge in [0.1, 0.15) is 23.0 Å². The lowest BCUT2D eigenvalue weighted by molar-refractivity contribution is 0.399. The van der Waals surface area contributed by atoms with Gasteiger partial charge in [0.2, 0.25) is 0 Å². The van der Waals surface area contributed by atoms with Crippen LogP contribution in [0.15, 0.2) is 97.1 Å². The molecular formula is C30H30O4. The first kappa shape index (κ1) is 23.2. The van der Waals surface area contributed by atoms with Gasteiger partial charge in [0, 0.05) is 23.0 Å². The van der Waals surface area contributed by atoms with E-state index in [0.717, 1.165) is 45.3 Å². The van der Waals surface area contributed by atoms with Crippen molar-refractivity contribution >= 4 is 0 Å². The van der Waals surface area contributed by atoms with Crippen molar-refractivity contribution < 1.29 is 18.9 Å². The van der Waals surface area contributed by atoms with Crippen LogP contribution < -0.4 is 18.9 Å². The van der Waals surface area contributed by atoms with E-state index in [1.54, 1.807) is 28.4 Å². The molecule has 0 N–H and O–H groups in total. The second-order valence-corrected chi connectivity index (χ2v) is 7.99. The highest BCUT2D eigenvalue weighted by atomic mass is 16.5. The van der Waals surface area contributed by atoms with Crippen LogP contribution in [0, 0.1) is 0 Å². The smallest absolute Gasteiger partial charge is 0.122 e. The molecule has 0 aromatic heterocycles. The molecule has 0 amide bonds. The zero-order valence-corrected chi connectivity index (χ0v) is 20.0. The van der Waals surface area contributed by atoms with Crippen LogP contribution in [0.5, 0.6) is 23.0 Å². The monoisotopic (exact) mass is 454 g/mol. The molecule has 0 saturated heterocycles. The molecule has 0 aliphatic heterocycles. The van der Waals surface area contributed by atoms with Crippen LogP contribution in [0.1, 0.15) is 34.1 Å². The van der Waals surface area contributed by atoms with Crippen LogP contribution in [-0.2, 0) is 0 Å². The molecule has 4 aromatic carbocycles. The largest absolute Gasteiger partial charge is 0.497 e. The number of benzene rings is 4. The Kier molecular flexibility index (Phi) is 7.38. The van der Waals surface area contributed by atoms with Crippen molar-refractivity contribution in [1.29, 1.82) is 0 Å². The SMILES string of the molecule is COc1ccc(C(c2ccccc2OC)C(c2ccc(OC)cc2)c2ccccc2OC)cc1. The maximum Gasteiger partial charge on any atom is 0.122 e. The minimum absolute atomic E-state index is 0.0493. The molecule has 0 spiro atoms. The van der Waals surface area contributed by atoms with E-state index in [1.807, 2.05) is 48.5 Å². The summed E-state index contributed by atoms with van der Waals surface area (Å²) in [6.07, 6.45) is 0. The van der Waals surface area contributed by atoms with E-state index >= 15 is 0 Å². The fourth-order valence-electron chi connectivity index (χ4n) is 4.57. The maximum absolute atomic E-state index is 5.83. The van der Waals surface area contributed by atoms with E-state index in [0.29, 0.717) is 0 Å². The minimum Gasteiger partial charge on any atom is -0.497 e. The Morgan fingerprint density at radius 3 is 1.09 bits per heavy atom. The molecule has 0 fully saturated rings.